The molecule has 1 N–H and O–H groups in total. The van der Waals surface area contributed by atoms with E-state index in [4.69, 9.17) is 4.74 Å². The predicted molar refractivity (Wildman–Crippen MR) is 84.1 cm³/mol. The van der Waals surface area contributed by atoms with Gasteiger partial charge in [-0.25, -0.2) is 8.78 Å². The molecule has 0 aliphatic heterocycles. The van der Waals surface area contributed by atoms with Crippen LogP contribution in [0.5, 0.6) is 5.75 Å². The highest BCUT2D eigenvalue weighted by Gasteiger charge is 2.21. The number of amides is 1. The molecule has 1 amide bonds. The van der Waals surface area contributed by atoms with Crippen LogP contribution in [0.3, 0.4) is 0 Å². The average Bonchev–Trinajstić information content (AvgIpc) is 2.54. The number of nitrogens with one attached hydrogen (secondary N) is 1. The smallest absolute Gasteiger partial charge is 0.261 e. The molecule has 2 rings (SSSR count). The van der Waals surface area contributed by atoms with Crippen molar-refractivity contribution in [3.05, 3.63) is 65.7 Å². The molecule has 0 saturated carbocycles. The third-order valence-electron chi connectivity index (χ3n) is 3.50. The number of halogens is 2. The van der Waals surface area contributed by atoms with Crippen molar-refractivity contribution in [1.29, 1.82) is 0 Å². The summed E-state index contributed by atoms with van der Waals surface area (Å²) >= 11 is 0. The zero-order valence-electron chi connectivity index (χ0n) is 13.1. The van der Waals surface area contributed by atoms with Crippen molar-refractivity contribution >= 4 is 5.91 Å². The molecule has 0 heterocycles. The van der Waals surface area contributed by atoms with Gasteiger partial charge < -0.3 is 10.1 Å². The van der Waals surface area contributed by atoms with Gasteiger partial charge in [0.2, 0.25) is 0 Å². The van der Waals surface area contributed by atoms with Crippen LogP contribution >= 0.6 is 0 Å². The molecule has 23 heavy (non-hydrogen) atoms. The number of rotatable bonds is 6. The molecule has 0 aliphatic carbocycles. The van der Waals surface area contributed by atoms with Crippen LogP contribution in [0.25, 0.3) is 0 Å². The Morgan fingerprint density at radius 1 is 1.13 bits per heavy atom. The van der Waals surface area contributed by atoms with Crippen molar-refractivity contribution in [2.75, 3.05) is 0 Å². The lowest BCUT2D eigenvalue weighted by Crippen LogP contribution is -2.39. The van der Waals surface area contributed by atoms with Crippen LogP contribution in [0.4, 0.5) is 8.78 Å². The molecule has 2 aromatic carbocycles. The van der Waals surface area contributed by atoms with E-state index in [2.05, 4.69) is 5.32 Å². The van der Waals surface area contributed by atoms with Crippen LogP contribution < -0.4 is 10.1 Å². The fourth-order valence-corrected chi connectivity index (χ4v) is 2.16. The van der Waals surface area contributed by atoms with Gasteiger partial charge in [-0.15, -0.1) is 0 Å². The van der Waals surface area contributed by atoms with E-state index in [-0.39, 0.29) is 23.5 Å². The summed E-state index contributed by atoms with van der Waals surface area (Å²) in [6.45, 7) is 3.58. The predicted octanol–water partition coefficient (Wildman–Crippen LogP) is 4.00. The molecule has 2 atom stereocenters. The Morgan fingerprint density at radius 3 is 2.39 bits per heavy atom. The summed E-state index contributed by atoms with van der Waals surface area (Å²) in [5, 5.41) is 2.80. The van der Waals surface area contributed by atoms with Gasteiger partial charge in [0.1, 0.15) is 5.82 Å². The van der Waals surface area contributed by atoms with Gasteiger partial charge in [0.25, 0.3) is 5.91 Å². The quantitative estimate of drug-likeness (QED) is 0.874. The highest BCUT2D eigenvalue weighted by atomic mass is 19.1. The lowest BCUT2D eigenvalue weighted by Gasteiger charge is -2.21. The van der Waals surface area contributed by atoms with Crippen molar-refractivity contribution < 1.29 is 18.3 Å². The lowest BCUT2D eigenvalue weighted by atomic mass is 10.1. The number of carbonyl (C=O) groups is 1. The standard InChI is InChI=1S/C18H19F2NO2/c1-3-16(23-17-7-5-4-6-15(17)20)18(22)21-12(2)13-8-10-14(19)11-9-13/h4-12,16H,3H2,1-2H3,(H,21,22)/t12-,16+/m0/s1. The van der Waals surface area contributed by atoms with Crippen LogP contribution in [-0.2, 0) is 4.79 Å². The maximum absolute atomic E-state index is 13.6. The molecule has 0 saturated heterocycles. The van der Waals surface area contributed by atoms with E-state index >= 15 is 0 Å². The number of ether oxygens (including phenoxy) is 1. The van der Waals surface area contributed by atoms with Crippen molar-refractivity contribution in [1.82, 2.24) is 5.32 Å². The van der Waals surface area contributed by atoms with Crippen LogP contribution in [0.2, 0.25) is 0 Å². The third-order valence-corrected chi connectivity index (χ3v) is 3.50. The summed E-state index contributed by atoms with van der Waals surface area (Å²) in [7, 11) is 0. The molecule has 122 valence electrons. The number of para-hydroxylation sites is 1. The average molecular weight is 319 g/mol. The molecular formula is C18H19F2NO2. The minimum absolute atomic E-state index is 0.0453. The van der Waals surface area contributed by atoms with E-state index in [0.717, 1.165) is 5.56 Å². The second kappa shape index (κ2) is 7.72. The number of hydrogen-bond acceptors (Lipinski definition) is 2. The minimum atomic E-state index is -0.796. The fraction of sp³-hybridized carbons (Fsp3) is 0.278. The van der Waals surface area contributed by atoms with Crippen molar-refractivity contribution in [2.45, 2.75) is 32.4 Å². The fourth-order valence-electron chi connectivity index (χ4n) is 2.16. The molecule has 0 fully saturated rings. The summed E-state index contributed by atoms with van der Waals surface area (Å²) in [5.41, 5.74) is 0.778. The van der Waals surface area contributed by atoms with Crippen molar-refractivity contribution in [3.8, 4) is 5.75 Å². The van der Waals surface area contributed by atoms with Crippen LogP contribution in [0.1, 0.15) is 31.9 Å². The first kappa shape index (κ1) is 16.9. The Hall–Kier alpha value is -2.43. The largest absolute Gasteiger partial charge is 0.478 e. The minimum Gasteiger partial charge on any atom is -0.478 e. The van der Waals surface area contributed by atoms with Crippen LogP contribution in [-0.4, -0.2) is 12.0 Å². The molecule has 2 aromatic rings. The SMILES string of the molecule is CC[C@@H](Oc1ccccc1F)C(=O)N[C@@H](C)c1ccc(F)cc1. The summed E-state index contributed by atoms with van der Waals surface area (Å²) < 4.78 is 32.0. The normalized spacial score (nSPS) is 13.2. The van der Waals surface area contributed by atoms with Crippen molar-refractivity contribution in [2.24, 2.45) is 0 Å². The molecule has 0 aliphatic rings. The zero-order chi connectivity index (χ0) is 16.8. The van der Waals surface area contributed by atoms with Gasteiger partial charge in [-0.2, -0.15) is 0 Å². The van der Waals surface area contributed by atoms with E-state index in [1.807, 2.05) is 0 Å². The summed E-state index contributed by atoms with van der Waals surface area (Å²) in [5.74, 6) is -1.14. The van der Waals surface area contributed by atoms with E-state index in [0.29, 0.717) is 6.42 Å². The van der Waals surface area contributed by atoms with Gasteiger partial charge in [0, 0.05) is 0 Å². The topological polar surface area (TPSA) is 38.3 Å². The second-order valence-corrected chi connectivity index (χ2v) is 5.23. The Bertz CT molecular complexity index is 658. The van der Waals surface area contributed by atoms with Gasteiger partial charge in [-0.05, 0) is 43.2 Å². The van der Waals surface area contributed by atoms with E-state index in [1.165, 1.54) is 24.3 Å². The molecule has 0 bridgehead atoms. The summed E-state index contributed by atoms with van der Waals surface area (Å²) in [6, 6.07) is 11.6. The number of benzene rings is 2. The van der Waals surface area contributed by atoms with E-state index in [1.54, 1.807) is 38.1 Å². The van der Waals surface area contributed by atoms with Crippen LogP contribution in [0.15, 0.2) is 48.5 Å². The number of carbonyl (C=O) groups excluding carboxylic acids is 1. The maximum atomic E-state index is 13.6. The molecule has 0 spiro atoms. The summed E-state index contributed by atoms with van der Waals surface area (Å²) in [4.78, 5) is 12.3. The molecule has 3 nitrogen and oxygen atoms in total. The molecule has 0 aromatic heterocycles. The first-order chi connectivity index (χ1) is 11.0. The Kier molecular flexibility index (Phi) is 5.68. The van der Waals surface area contributed by atoms with Gasteiger partial charge in [0.15, 0.2) is 17.7 Å². The Balaban J connectivity index is 2.02. The second-order valence-electron chi connectivity index (χ2n) is 5.23. The molecular weight excluding hydrogens is 300 g/mol. The first-order valence-corrected chi connectivity index (χ1v) is 7.48. The van der Waals surface area contributed by atoms with Crippen LogP contribution in [0, 0.1) is 11.6 Å². The zero-order valence-corrected chi connectivity index (χ0v) is 13.1. The van der Waals surface area contributed by atoms with E-state index in [9.17, 15) is 13.6 Å². The van der Waals surface area contributed by atoms with Crippen molar-refractivity contribution in [3.63, 3.8) is 0 Å². The Labute approximate surface area is 134 Å². The van der Waals surface area contributed by atoms with Gasteiger partial charge in [-0.3, -0.25) is 4.79 Å². The molecule has 0 unspecified atom stereocenters. The monoisotopic (exact) mass is 319 g/mol. The number of hydrogen-bond donors (Lipinski definition) is 1. The van der Waals surface area contributed by atoms with Gasteiger partial charge >= 0.3 is 0 Å². The third kappa shape index (κ3) is 4.52. The maximum Gasteiger partial charge on any atom is 0.261 e. The highest BCUT2D eigenvalue weighted by molar-refractivity contribution is 5.81. The molecule has 0 radical (unpaired) electrons. The highest BCUT2D eigenvalue weighted by Crippen LogP contribution is 2.19. The Morgan fingerprint density at radius 2 is 1.78 bits per heavy atom. The molecule has 5 heteroatoms. The lowest BCUT2D eigenvalue weighted by molar-refractivity contribution is -0.128. The van der Waals surface area contributed by atoms with E-state index < -0.39 is 11.9 Å². The van der Waals surface area contributed by atoms with Gasteiger partial charge in [0.05, 0.1) is 6.04 Å². The van der Waals surface area contributed by atoms with Gasteiger partial charge in [-0.1, -0.05) is 31.2 Å². The first-order valence-electron chi connectivity index (χ1n) is 7.48. The summed E-state index contributed by atoms with van der Waals surface area (Å²) in [6.07, 6.45) is -0.397.